The van der Waals surface area contributed by atoms with Crippen LogP contribution in [0.15, 0.2) is 64.4 Å². The van der Waals surface area contributed by atoms with E-state index in [-0.39, 0.29) is 19.5 Å². The van der Waals surface area contributed by atoms with Crippen LogP contribution in [0.2, 0.25) is 0 Å². The Bertz CT molecular complexity index is 1940. The summed E-state index contributed by atoms with van der Waals surface area (Å²) in [6, 6.07) is 16.5. The molecule has 3 aromatic rings. The lowest BCUT2D eigenvalue weighted by Gasteiger charge is -2.36. The number of carbonyl (C=O) groups excluding carboxylic acids is 6. The molecule has 0 bridgehead atoms. The average molecular weight is 793 g/mol. The Labute approximate surface area is 329 Å². The van der Waals surface area contributed by atoms with Crippen LogP contribution in [0.5, 0.6) is 11.5 Å². The Kier molecular flexibility index (Phi) is 14.9. The monoisotopic (exact) mass is 792 g/mol. The maximum atomic E-state index is 13.4. The fraction of sp³-hybridized carbons (Fsp3) is 0.385. The van der Waals surface area contributed by atoms with Crippen molar-refractivity contribution in [2.75, 3.05) is 45.9 Å². The molecule has 300 valence electrons. The molecule has 0 spiro atoms. The molecule has 1 heterocycles. The van der Waals surface area contributed by atoms with Crippen molar-refractivity contribution in [3.05, 3.63) is 71.3 Å². The first-order valence-corrected chi connectivity index (χ1v) is 18.5. The van der Waals surface area contributed by atoms with Gasteiger partial charge in [0.05, 0.1) is 58.8 Å². The second-order valence-corrected chi connectivity index (χ2v) is 14.6. The number of methoxy groups -OCH3 is 3. The Morgan fingerprint density at radius 2 is 1.30 bits per heavy atom. The molecular weight excluding hydrogens is 745 g/mol. The molecule has 0 saturated heterocycles. The zero-order chi connectivity index (χ0) is 41.0. The van der Waals surface area contributed by atoms with Crippen LogP contribution in [-0.4, -0.2) is 88.3 Å². The van der Waals surface area contributed by atoms with Gasteiger partial charge < -0.3 is 50.4 Å². The number of ether oxygens (including phenoxy) is 4. The third-order valence-electron chi connectivity index (χ3n) is 8.25. The molecule has 0 fully saturated rings. The molecule has 3 aromatic carbocycles. The van der Waals surface area contributed by atoms with E-state index < -0.39 is 60.4 Å². The minimum atomic E-state index is -0.984. The van der Waals surface area contributed by atoms with Crippen molar-refractivity contribution >= 4 is 58.8 Å². The first-order valence-electron chi connectivity index (χ1n) is 17.7. The molecule has 1 aliphatic rings. The van der Waals surface area contributed by atoms with Gasteiger partial charge in [-0.05, 0) is 57.5 Å². The molecule has 4 rings (SSSR count). The summed E-state index contributed by atoms with van der Waals surface area (Å²) in [6.07, 6.45) is -0.743. The van der Waals surface area contributed by atoms with Gasteiger partial charge in [-0.15, -0.1) is 0 Å². The predicted octanol–water partition coefficient (Wildman–Crippen LogP) is 3.10. The molecule has 5 amide bonds. The lowest BCUT2D eigenvalue weighted by Crippen LogP contribution is -2.49. The molecule has 1 aliphatic heterocycles. The smallest absolute Gasteiger partial charge is 0.407 e. The minimum absolute atomic E-state index is 0.0944. The number of fused-ring (bicyclic) bond motifs is 2. The van der Waals surface area contributed by atoms with Gasteiger partial charge in [0.25, 0.3) is 0 Å². The summed E-state index contributed by atoms with van der Waals surface area (Å²) < 4.78 is 21.5. The van der Waals surface area contributed by atoms with E-state index in [9.17, 15) is 28.8 Å². The normalized spacial score (nSPS) is 12.2. The molecular formula is C39H48N6O10S. The van der Waals surface area contributed by atoms with Crippen LogP contribution in [0.4, 0.5) is 16.2 Å². The summed E-state index contributed by atoms with van der Waals surface area (Å²) in [4.78, 5) is 78.1. The highest BCUT2D eigenvalue weighted by Gasteiger charge is 2.32. The molecule has 1 atom stereocenters. The molecule has 16 nitrogen and oxygen atoms in total. The molecule has 17 heteroatoms. The summed E-state index contributed by atoms with van der Waals surface area (Å²) >= 11 is 1.41. The number of esters is 1. The van der Waals surface area contributed by atoms with Gasteiger partial charge in [-0.3, -0.25) is 24.0 Å². The lowest BCUT2D eigenvalue weighted by atomic mass is 10.0. The van der Waals surface area contributed by atoms with Gasteiger partial charge in [0.2, 0.25) is 23.6 Å². The Hall–Kier alpha value is -5.97. The van der Waals surface area contributed by atoms with Crippen molar-refractivity contribution in [2.24, 2.45) is 0 Å². The van der Waals surface area contributed by atoms with E-state index in [1.54, 1.807) is 33.9 Å². The van der Waals surface area contributed by atoms with Crippen LogP contribution >= 0.6 is 11.8 Å². The van der Waals surface area contributed by atoms with Crippen molar-refractivity contribution in [2.45, 2.75) is 68.6 Å². The zero-order valence-electron chi connectivity index (χ0n) is 32.5. The van der Waals surface area contributed by atoms with E-state index in [4.69, 9.17) is 14.2 Å². The number of nitrogens with one attached hydrogen (secondary N) is 5. The van der Waals surface area contributed by atoms with Gasteiger partial charge in [-0.25, -0.2) is 4.79 Å². The molecule has 56 heavy (non-hydrogen) atoms. The van der Waals surface area contributed by atoms with Crippen molar-refractivity contribution in [1.29, 1.82) is 0 Å². The molecule has 0 radical (unpaired) electrons. The second kappa shape index (κ2) is 19.6. The number of hydrogen-bond acceptors (Lipinski definition) is 12. The summed E-state index contributed by atoms with van der Waals surface area (Å²) in [6.45, 7) is 6.11. The summed E-state index contributed by atoms with van der Waals surface area (Å²) in [7, 11) is 4.24. The van der Waals surface area contributed by atoms with Crippen molar-refractivity contribution in [1.82, 2.24) is 26.6 Å². The first-order chi connectivity index (χ1) is 26.6. The van der Waals surface area contributed by atoms with Crippen molar-refractivity contribution < 1.29 is 47.7 Å². The van der Waals surface area contributed by atoms with Crippen LogP contribution in [0, 0.1) is 0 Å². The largest absolute Gasteiger partial charge is 0.496 e. The number of benzene rings is 3. The van der Waals surface area contributed by atoms with Crippen LogP contribution in [0.3, 0.4) is 0 Å². The summed E-state index contributed by atoms with van der Waals surface area (Å²) in [5.41, 5.74) is 3.31. The van der Waals surface area contributed by atoms with E-state index in [0.29, 0.717) is 29.2 Å². The number of nitrogens with zero attached hydrogens (tertiary/aromatic N) is 1. The number of amides is 5. The molecule has 5 N–H and O–H groups in total. The highest BCUT2D eigenvalue weighted by atomic mass is 32.2. The topological polar surface area (TPSA) is 203 Å². The molecule has 0 aromatic heterocycles. The first kappa shape index (κ1) is 42.8. The van der Waals surface area contributed by atoms with Gasteiger partial charge in [0, 0.05) is 27.5 Å². The number of hydrogen-bond donors (Lipinski definition) is 5. The number of anilines is 2. The molecule has 0 unspecified atom stereocenters. The van der Waals surface area contributed by atoms with E-state index in [1.807, 2.05) is 48.5 Å². The third kappa shape index (κ3) is 11.8. The maximum absolute atomic E-state index is 13.4. The Morgan fingerprint density at radius 3 is 1.91 bits per heavy atom. The quantitative estimate of drug-likeness (QED) is 0.133. The van der Waals surface area contributed by atoms with E-state index in [2.05, 4.69) is 36.2 Å². The van der Waals surface area contributed by atoms with Gasteiger partial charge in [-0.2, -0.15) is 0 Å². The fourth-order valence-electron chi connectivity index (χ4n) is 5.59. The van der Waals surface area contributed by atoms with Crippen molar-refractivity contribution in [3.63, 3.8) is 0 Å². The number of rotatable bonds is 16. The zero-order valence-corrected chi connectivity index (χ0v) is 33.3. The lowest BCUT2D eigenvalue weighted by molar-refractivity contribution is -0.141. The Balaban J connectivity index is 1.53. The van der Waals surface area contributed by atoms with E-state index in [1.165, 1.54) is 32.9 Å². The predicted molar refractivity (Wildman–Crippen MR) is 208 cm³/mol. The van der Waals surface area contributed by atoms with E-state index in [0.717, 1.165) is 26.7 Å². The van der Waals surface area contributed by atoms with Crippen LogP contribution < -0.4 is 41.0 Å². The van der Waals surface area contributed by atoms with Gasteiger partial charge in [0.1, 0.15) is 29.7 Å². The van der Waals surface area contributed by atoms with Gasteiger partial charge in [-0.1, -0.05) is 42.1 Å². The van der Waals surface area contributed by atoms with Gasteiger partial charge >= 0.3 is 12.1 Å². The van der Waals surface area contributed by atoms with Crippen LogP contribution in [0.1, 0.15) is 44.4 Å². The highest BCUT2D eigenvalue weighted by molar-refractivity contribution is 7.99. The Morgan fingerprint density at radius 1 is 0.714 bits per heavy atom. The van der Waals surface area contributed by atoms with Gasteiger partial charge in [0.15, 0.2) is 0 Å². The van der Waals surface area contributed by atoms with Crippen LogP contribution in [-0.2, 0) is 53.0 Å². The van der Waals surface area contributed by atoms with E-state index >= 15 is 0 Å². The SMILES string of the molecule is COC(=O)CNC(=O)[C@H](C)NC(=O)CNC(=O)CNC(=O)Cc1c(OC)ccc2c1Sc1c(ccc(OC)c1CNC(=O)OC(C)(C)C)N2Cc1ccccc1. The summed E-state index contributed by atoms with van der Waals surface area (Å²) in [5.74, 6) is -2.02. The van der Waals surface area contributed by atoms with Crippen LogP contribution in [0.25, 0.3) is 0 Å². The second-order valence-electron chi connectivity index (χ2n) is 13.5. The average Bonchev–Trinajstić information content (AvgIpc) is 3.16. The molecule has 0 saturated carbocycles. The standard InChI is InChI=1S/C39H48N6O10S/c1-23(37(50)42-21-34(49)54-7)44-33(48)20-41-32(47)19-40-31(46)17-25-29(52-5)15-13-27-35(25)56-36-26(18-43-38(51)55-39(2,3)4)30(53-6)16-14-28(36)45(27)22-24-11-9-8-10-12-24/h8-16,23H,17-22H2,1-7H3,(H,40,46)(H,41,47)(H,42,50)(H,43,51)(H,44,48)/t23-/m0/s1. The maximum Gasteiger partial charge on any atom is 0.407 e. The number of alkyl carbamates (subject to hydrolysis) is 1. The summed E-state index contributed by atoms with van der Waals surface area (Å²) in [5, 5.41) is 12.6. The fourth-order valence-corrected chi connectivity index (χ4v) is 6.96. The number of carbonyl (C=O) groups is 6. The third-order valence-corrected chi connectivity index (χ3v) is 9.57. The highest BCUT2D eigenvalue weighted by Crippen LogP contribution is 2.54. The molecule has 0 aliphatic carbocycles. The minimum Gasteiger partial charge on any atom is -0.496 e. The van der Waals surface area contributed by atoms with Crippen molar-refractivity contribution in [3.8, 4) is 11.5 Å².